The number of nitrogens with two attached hydrogens (primary N) is 1. The summed E-state index contributed by atoms with van der Waals surface area (Å²) in [4.78, 5) is -0.000330. The molecule has 0 saturated carbocycles. The SMILES string of the molecule is Nc1ccc(S(=O)(=O)NCCCOCCO)c(Cl)c1. The third-order valence-electron chi connectivity index (χ3n) is 2.24. The second-order valence-electron chi connectivity index (χ2n) is 3.78. The van der Waals surface area contributed by atoms with Gasteiger partial charge in [-0.3, -0.25) is 0 Å². The normalized spacial score (nSPS) is 11.7. The molecule has 108 valence electrons. The van der Waals surface area contributed by atoms with Crippen LogP contribution in [0.15, 0.2) is 23.1 Å². The number of nitrogens with one attached hydrogen (secondary N) is 1. The van der Waals surface area contributed by atoms with Crippen LogP contribution in [0.3, 0.4) is 0 Å². The van der Waals surface area contributed by atoms with Gasteiger partial charge in [0, 0.05) is 18.8 Å². The molecule has 19 heavy (non-hydrogen) atoms. The number of rotatable bonds is 8. The average Bonchev–Trinajstić information content (AvgIpc) is 2.33. The molecule has 0 aliphatic heterocycles. The summed E-state index contributed by atoms with van der Waals surface area (Å²) >= 11 is 5.84. The third kappa shape index (κ3) is 5.33. The van der Waals surface area contributed by atoms with Crippen LogP contribution in [0.5, 0.6) is 0 Å². The number of anilines is 1. The summed E-state index contributed by atoms with van der Waals surface area (Å²) in [6.45, 7) is 0.802. The summed E-state index contributed by atoms with van der Waals surface area (Å²) in [5, 5.41) is 8.58. The fourth-order valence-corrected chi connectivity index (χ4v) is 2.99. The van der Waals surface area contributed by atoms with Crippen molar-refractivity contribution in [1.29, 1.82) is 0 Å². The lowest BCUT2D eigenvalue weighted by atomic mass is 10.3. The Hall–Kier alpha value is -0.860. The van der Waals surface area contributed by atoms with Crippen molar-refractivity contribution in [2.45, 2.75) is 11.3 Å². The highest BCUT2D eigenvalue weighted by molar-refractivity contribution is 7.89. The summed E-state index contributed by atoms with van der Waals surface area (Å²) in [7, 11) is -3.64. The van der Waals surface area contributed by atoms with E-state index in [-0.39, 0.29) is 29.7 Å². The second-order valence-corrected chi connectivity index (χ2v) is 5.92. The van der Waals surface area contributed by atoms with Crippen LogP contribution in [0.1, 0.15) is 6.42 Å². The number of hydrogen-bond donors (Lipinski definition) is 3. The molecule has 0 atom stereocenters. The van der Waals surface area contributed by atoms with Gasteiger partial charge in [-0.2, -0.15) is 0 Å². The predicted molar refractivity (Wildman–Crippen MR) is 73.6 cm³/mol. The van der Waals surface area contributed by atoms with Crippen molar-refractivity contribution in [2.75, 3.05) is 32.1 Å². The molecule has 4 N–H and O–H groups in total. The lowest BCUT2D eigenvalue weighted by Gasteiger charge is -2.09. The van der Waals surface area contributed by atoms with Gasteiger partial charge < -0.3 is 15.6 Å². The lowest BCUT2D eigenvalue weighted by molar-refractivity contribution is 0.0913. The smallest absolute Gasteiger partial charge is 0.242 e. The number of ether oxygens (including phenoxy) is 1. The molecule has 1 aromatic rings. The Morgan fingerprint density at radius 3 is 2.74 bits per heavy atom. The zero-order chi connectivity index (χ0) is 14.3. The van der Waals surface area contributed by atoms with Crippen LogP contribution in [0.25, 0.3) is 0 Å². The summed E-state index contributed by atoms with van der Waals surface area (Å²) in [5.41, 5.74) is 5.91. The number of nitrogen functional groups attached to an aromatic ring is 1. The second kappa shape index (κ2) is 7.66. The van der Waals surface area contributed by atoms with Gasteiger partial charge in [-0.25, -0.2) is 13.1 Å². The zero-order valence-corrected chi connectivity index (χ0v) is 11.9. The maximum atomic E-state index is 11.9. The molecule has 8 heteroatoms. The molecular weight excluding hydrogens is 292 g/mol. The van der Waals surface area contributed by atoms with E-state index in [2.05, 4.69) is 4.72 Å². The molecule has 0 aliphatic carbocycles. The van der Waals surface area contributed by atoms with E-state index in [1.165, 1.54) is 18.2 Å². The highest BCUT2D eigenvalue weighted by atomic mass is 35.5. The minimum absolute atomic E-state index is 0.000330. The van der Waals surface area contributed by atoms with E-state index in [9.17, 15) is 8.42 Å². The van der Waals surface area contributed by atoms with Gasteiger partial charge in [0.25, 0.3) is 0 Å². The predicted octanol–water partition coefficient (Wildman–Crippen LogP) is 0.599. The highest BCUT2D eigenvalue weighted by Gasteiger charge is 2.17. The van der Waals surface area contributed by atoms with Crippen molar-refractivity contribution in [3.8, 4) is 0 Å². The number of aliphatic hydroxyl groups excluding tert-OH is 1. The summed E-state index contributed by atoms with van der Waals surface area (Å²) in [6.07, 6.45) is 0.506. The molecule has 0 radical (unpaired) electrons. The Bertz CT molecular complexity index is 507. The first-order valence-corrected chi connectivity index (χ1v) is 7.57. The molecular formula is C11H17ClN2O4S. The number of benzene rings is 1. The van der Waals surface area contributed by atoms with E-state index in [0.717, 1.165) is 0 Å². The Morgan fingerprint density at radius 2 is 2.11 bits per heavy atom. The van der Waals surface area contributed by atoms with Crippen molar-refractivity contribution < 1.29 is 18.3 Å². The number of aliphatic hydroxyl groups is 1. The van der Waals surface area contributed by atoms with Crippen LogP contribution < -0.4 is 10.5 Å². The standard InChI is InChI=1S/C11H17ClN2O4S/c12-10-8-9(13)2-3-11(10)19(16,17)14-4-1-6-18-7-5-15/h2-3,8,14-15H,1,4-7,13H2. The van der Waals surface area contributed by atoms with Crippen LogP contribution in [0.4, 0.5) is 5.69 Å². The van der Waals surface area contributed by atoms with Gasteiger partial charge in [-0.15, -0.1) is 0 Å². The Balaban J connectivity index is 2.52. The molecule has 0 amide bonds. The van der Waals surface area contributed by atoms with Gasteiger partial charge in [0.1, 0.15) is 4.90 Å². The first-order valence-electron chi connectivity index (χ1n) is 5.70. The van der Waals surface area contributed by atoms with Crippen molar-refractivity contribution >= 4 is 27.3 Å². The summed E-state index contributed by atoms with van der Waals surface area (Å²) in [5.74, 6) is 0. The topological polar surface area (TPSA) is 102 Å². The Morgan fingerprint density at radius 1 is 1.37 bits per heavy atom. The maximum Gasteiger partial charge on any atom is 0.242 e. The number of halogens is 1. The molecule has 0 spiro atoms. The van der Waals surface area contributed by atoms with E-state index in [0.29, 0.717) is 18.7 Å². The molecule has 0 unspecified atom stereocenters. The van der Waals surface area contributed by atoms with Gasteiger partial charge in [-0.1, -0.05) is 11.6 Å². The first-order chi connectivity index (χ1) is 8.97. The zero-order valence-electron chi connectivity index (χ0n) is 10.3. The minimum Gasteiger partial charge on any atom is -0.399 e. The molecule has 6 nitrogen and oxygen atoms in total. The van der Waals surface area contributed by atoms with Crippen LogP contribution in [0.2, 0.25) is 5.02 Å². The van der Waals surface area contributed by atoms with Crippen molar-refractivity contribution in [2.24, 2.45) is 0 Å². The first kappa shape index (κ1) is 16.2. The lowest BCUT2D eigenvalue weighted by Crippen LogP contribution is -2.26. The van der Waals surface area contributed by atoms with Gasteiger partial charge in [-0.05, 0) is 24.6 Å². The summed E-state index contributed by atoms with van der Waals surface area (Å²) in [6, 6.07) is 4.23. The van der Waals surface area contributed by atoms with Crippen molar-refractivity contribution in [1.82, 2.24) is 4.72 Å². The molecule has 0 saturated heterocycles. The van der Waals surface area contributed by atoms with Crippen LogP contribution in [0, 0.1) is 0 Å². The largest absolute Gasteiger partial charge is 0.399 e. The van der Waals surface area contributed by atoms with Crippen LogP contribution in [-0.4, -0.2) is 39.9 Å². The van der Waals surface area contributed by atoms with Gasteiger partial charge >= 0.3 is 0 Å². The van der Waals surface area contributed by atoms with Gasteiger partial charge in [0.2, 0.25) is 10.0 Å². The van der Waals surface area contributed by atoms with E-state index in [1.54, 1.807) is 0 Å². The molecule has 1 rings (SSSR count). The number of hydrogen-bond acceptors (Lipinski definition) is 5. The molecule has 1 aromatic carbocycles. The third-order valence-corrected chi connectivity index (χ3v) is 4.18. The van der Waals surface area contributed by atoms with E-state index in [4.69, 9.17) is 27.2 Å². The van der Waals surface area contributed by atoms with E-state index >= 15 is 0 Å². The monoisotopic (exact) mass is 308 g/mol. The molecule has 0 fully saturated rings. The molecule has 0 aromatic heterocycles. The number of sulfonamides is 1. The fourth-order valence-electron chi connectivity index (χ4n) is 1.36. The van der Waals surface area contributed by atoms with Gasteiger partial charge in [0.05, 0.1) is 18.2 Å². The van der Waals surface area contributed by atoms with Crippen LogP contribution in [-0.2, 0) is 14.8 Å². The van der Waals surface area contributed by atoms with Crippen molar-refractivity contribution in [3.05, 3.63) is 23.2 Å². The highest BCUT2D eigenvalue weighted by Crippen LogP contribution is 2.23. The van der Waals surface area contributed by atoms with Crippen LogP contribution >= 0.6 is 11.6 Å². The van der Waals surface area contributed by atoms with Crippen molar-refractivity contribution in [3.63, 3.8) is 0 Å². The maximum absolute atomic E-state index is 11.9. The Labute approximate surface area is 117 Å². The molecule has 0 bridgehead atoms. The summed E-state index contributed by atoms with van der Waals surface area (Å²) < 4.78 is 31.3. The Kier molecular flexibility index (Phi) is 6.53. The van der Waals surface area contributed by atoms with Gasteiger partial charge in [0.15, 0.2) is 0 Å². The quantitative estimate of drug-likeness (QED) is 0.482. The van der Waals surface area contributed by atoms with E-state index < -0.39 is 10.0 Å². The molecule has 0 aliphatic rings. The fraction of sp³-hybridized carbons (Fsp3) is 0.455. The van der Waals surface area contributed by atoms with E-state index in [1.807, 2.05) is 0 Å². The minimum atomic E-state index is -3.64. The average molecular weight is 309 g/mol. The molecule has 0 heterocycles.